The molecule has 0 bridgehead atoms. The van der Waals surface area contributed by atoms with E-state index >= 15 is 0 Å². The van der Waals surface area contributed by atoms with Crippen LogP contribution in [0.5, 0.6) is 0 Å². The van der Waals surface area contributed by atoms with E-state index in [-0.39, 0.29) is 0 Å². The zero-order chi connectivity index (χ0) is 7.68. The van der Waals surface area contributed by atoms with Crippen LogP contribution in [0.1, 0.15) is 5.69 Å². The fraction of sp³-hybridized carbons (Fsp3) is 0.143. The van der Waals surface area contributed by atoms with Crippen molar-refractivity contribution in [3.8, 4) is 10.0 Å². The molecule has 0 saturated heterocycles. The Morgan fingerprint density at radius 2 is 2.18 bits per heavy atom. The zero-order valence-corrected chi connectivity index (χ0v) is 7.58. The van der Waals surface area contributed by atoms with Gasteiger partial charge in [0.2, 0.25) is 0 Å². The second-order valence-electron chi connectivity index (χ2n) is 2.13. The van der Waals surface area contributed by atoms with Crippen LogP contribution in [0, 0.1) is 6.92 Å². The Kier molecular flexibility index (Phi) is 1.71. The third-order valence-corrected chi connectivity index (χ3v) is 3.11. The normalized spacial score (nSPS) is 10.3. The van der Waals surface area contributed by atoms with Crippen molar-refractivity contribution in [2.24, 2.45) is 0 Å². The number of hydrogen-bond donors (Lipinski definition) is 0. The molecule has 2 aromatic heterocycles. The molecular weight excluding hydrogens is 176 g/mol. The van der Waals surface area contributed by atoms with Crippen molar-refractivity contribution < 1.29 is 0 Å². The van der Waals surface area contributed by atoms with Gasteiger partial charge in [-0.3, -0.25) is 0 Å². The number of nitrogens with zero attached hydrogens (tertiary/aromatic N) is 2. The summed E-state index contributed by atoms with van der Waals surface area (Å²) in [6, 6.07) is 0. The summed E-state index contributed by atoms with van der Waals surface area (Å²) in [7, 11) is 0. The molecule has 2 rings (SSSR count). The summed E-state index contributed by atoms with van der Waals surface area (Å²) in [5.41, 5.74) is 1.07. The lowest BCUT2D eigenvalue weighted by Gasteiger charge is -1.83. The minimum atomic E-state index is 1.02. The molecule has 0 amide bonds. The molecule has 0 aliphatic carbocycles. The van der Waals surface area contributed by atoms with Crippen LogP contribution in [0.15, 0.2) is 17.0 Å². The van der Waals surface area contributed by atoms with Crippen LogP contribution in [0.2, 0.25) is 0 Å². The minimum Gasteiger partial charge on any atom is -0.242 e. The number of hydrogen-bond acceptors (Lipinski definition) is 4. The van der Waals surface area contributed by atoms with Gasteiger partial charge in [0, 0.05) is 22.7 Å². The molecule has 0 aliphatic heterocycles. The fourth-order valence-corrected chi connectivity index (χ4v) is 2.27. The van der Waals surface area contributed by atoms with Gasteiger partial charge >= 0.3 is 0 Å². The summed E-state index contributed by atoms with van der Waals surface area (Å²) in [6.07, 6.45) is 1.80. The first kappa shape index (κ1) is 6.94. The average molecular weight is 182 g/mol. The van der Waals surface area contributed by atoms with Crippen molar-refractivity contribution in [1.29, 1.82) is 0 Å². The molecule has 0 spiro atoms. The van der Waals surface area contributed by atoms with Gasteiger partial charge in [0.15, 0.2) is 10.0 Å². The van der Waals surface area contributed by atoms with E-state index in [2.05, 4.69) is 9.97 Å². The van der Waals surface area contributed by atoms with Gasteiger partial charge in [0.05, 0.1) is 0 Å². The van der Waals surface area contributed by atoms with E-state index in [1.807, 2.05) is 17.7 Å². The zero-order valence-electron chi connectivity index (χ0n) is 5.94. The summed E-state index contributed by atoms with van der Waals surface area (Å²) in [5.74, 6) is 0. The van der Waals surface area contributed by atoms with Gasteiger partial charge in [-0.25, -0.2) is 9.97 Å². The lowest BCUT2D eigenvalue weighted by Crippen LogP contribution is -1.73. The highest BCUT2D eigenvalue weighted by molar-refractivity contribution is 7.19. The SMILES string of the molecule is Cc1csc(-c2nccs2)n1. The number of rotatable bonds is 1. The Hall–Kier alpha value is -0.740. The Labute approximate surface area is 72.6 Å². The Morgan fingerprint density at radius 1 is 1.27 bits per heavy atom. The topological polar surface area (TPSA) is 25.8 Å². The smallest absolute Gasteiger partial charge is 0.152 e. The predicted molar refractivity (Wildman–Crippen MR) is 48.0 cm³/mol. The van der Waals surface area contributed by atoms with Crippen LogP contribution in [-0.2, 0) is 0 Å². The van der Waals surface area contributed by atoms with E-state index in [1.165, 1.54) is 0 Å². The molecule has 0 atom stereocenters. The standard InChI is InChI=1S/C7H6N2S2/c1-5-4-11-7(9-5)6-8-2-3-10-6/h2-4H,1H3. The first-order valence-corrected chi connectivity index (χ1v) is 4.94. The second kappa shape index (κ2) is 2.71. The second-order valence-corrected chi connectivity index (χ2v) is 3.88. The summed E-state index contributed by atoms with van der Waals surface area (Å²) in [5, 5.41) is 6.04. The maximum atomic E-state index is 4.32. The fourth-order valence-electron chi connectivity index (χ4n) is 0.781. The molecule has 2 heterocycles. The van der Waals surface area contributed by atoms with E-state index in [0.29, 0.717) is 0 Å². The van der Waals surface area contributed by atoms with Crippen LogP contribution in [0.3, 0.4) is 0 Å². The number of aromatic nitrogens is 2. The highest BCUT2D eigenvalue weighted by Gasteiger charge is 2.03. The molecule has 0 aliphatic rings. The van der Waals surface area contributed by atoms with Crippen LogP contribution in [0.4, 0.5) is 0 Å². The van der Waals surface area contributed by atoms with Crippen molar-refractivity contribution >= 4 is 22.7 Å². The van der Waals surface area contributed by atoms with Gasteiger partial charge in [-0.2, -0.15) is 0 Å². The number of aryl methyl sites for hydroxylation is 1. The largest absolute Gasteiger partial charge is 0.242 e. The lowest BCUT2D eigenvalue weighted by atomic mass is 10.6. The molecule has 0 unspecified atom stereocenters. The first-order valence-electron chi connectivity index (χ1n) is 3.18. The lowest BCUT2D eigenvalue weighted by molar-refractivity contribution is 1.26. The maximum absolute atomic E-state index is 4.32. The van der Waals surface area contributed by atoms with Gasteiger partial charge in [-0.15, -0.1) is 22.7 Å². The van der Waals surface area contributed by atoms with E-state index < -0.39 is 0 Å². The van der Waals surface area contributed by atoms with Crippen molar-refractivity contribution in [3.63, 3.8) is 0 Å². The van der Waals surface area contributed by atoms with E-state index in [9.17, 15) is 0 Å². The maximum Gasteiger partial charge on any atom is 0.152 e. The summed E-state index contributed by atoms with van der Waals surface area (Å²) in [6.45, 7) is 1.99. The molecule has 0 fully saturated rings. The third-order valence-electron chi connectivity index (χ3n) is 1.23. The molecule has 2 aromatic rings. The van der Waals surface area contributed by atoms with Crippen LogP contribution < -0.4 is 0 Å². The molecule has 0 radical (unpaired) electrons. The van der Waals surface area contributed by atoms with Crippen LogP contribution >= 0.6 is 22.7 Å². The third kappa shape index (κ3) is 1.32. The molecule has 0 aromatic carbocycles. The van der Waals surface area contributed by atoms with Gasteiger partial charge in [-0.05, 0) is 6.92 Å². The summed E-state index contributed by atoms with van der Waals surface area (Å²) in [4.78, 5) is 8.49. The molecule has 11 heavy (non-hydrogen) atoms. The summed E-state index contributed by atoms with van der Waals surface area (Å²) >= 11 is 3.27. The monoisotopic (exact) mass is 182 g/mol. The molecule has 2 nitrogen and oxygen atoms in total. The molecule has 4 heteroatoms. The Balaban J connectivity index is 2.45. The van der Waals surface area contributed by atoms with E-state index in [1.54, 1.807) is 28.9 Å². The number of thiazole rings is 2. The van der Waals surface area contributed by atoms with Gasteiger partial charge in [-0.1, -0.05) is 0 Å². The van der Waals surface area contributed by atoms with Gasteiger partial charge in [0.1, 0.15) is 0 Å². The Bertz CT molecular complexity index is 337. The van der Waals surface area contributed by atoms with Crippen molar-refractivity contribution in [2.75, 3.05) is 0 Å². The molecule has 56 valence electrons. The van der Waals surface area contributed by atoms with Crippen molar-refractivity contribution in [1.82, 2.24) is 9.97 Å². The van der Waals surface area contributed by atoms with Gasteiger partial charge in [0.25, 0.3) is 0 Å². The highest BCUT2D eigenvalue weighted by Crippen LogP contribution is 2.24. The average Bonchev–Trinajstić information content (AvgIpc) is 2.55. The summed E-state index contributed by atoms with van der Waals surface area (Å²) < 4.78 is 0. The van der Waals surface area contributed by atoms with Crippen molar-refractivity contribution in [3.05, 3.63) is 22.7 Å². The molecule has 0 saturated carbocycles. The molecule has 0 N–H and O–H groups in total. The quantitative estimate of drug-likeness (QED) is 0.677. The highest BCUT2D eigenvalue weighted by atomic mass is 32.1. The Morgan fingerprint density at radius 3 is 2.73 bits per heavy atom. The first-order chi connectivity index (χ1) is 5.36. The van der Waals surface area contributed by atoms with Gasteiger partial charge < -0.3 is 0 Å². The molecular formula is C7H6N2S2. The van der Waals surface area contributed by atoms with E-state index in [4.69, 9.17) is 0 Å². The van der Waals surface area contributed by atoms with Crippen LogP contribution in [-0.4, -0.2) is 9.97 Å². The predicted octanol–water partition coefficient (Wildman–Crippen LogP) is 2.58. The van der Waals surface area contributed by atoms with Crippen LogP contribution in [0.25, 0.3) is 10.0 Å². The van der Waals surface area contributed by atoms with Crippen molar-refractivity contribution in [2.45, 2.75) is 6.92 Å². The minimum absolute atomic E-state index is 1.02. The van der Waals surface area contributed by atoms with E-state index in [0.717, 1.165) is 15.7 Å².